The van der Waals surface area contributed by atoms with E-state index in [1.807, 2.05) is 31.0 Å². The normalized spacial score (nSPS) is 12.9. The maximum atomic E-state index is 4.20. The molecule has 0 amide bonds. The highest BCUT2D eigenvalue weighted by molar-refractivity contribution is 7.05. The van der Waals surface area contributed by atoms with Crippen LogP contribution in [0.2, 0.25) is 0 Å². The van der Waals surface area contributed by atoms with Crippen molar-refractivity contribution in [1.29, 1.82) is 0 Å². The summed E-state index contributed by atoms with van der Waals surface area (Å²) >= 11 is 1.44. The van der Waals surface area contributed by atoms with Crippen LogP contribution in [0.25, 0.3) is 0 Å². The van der Waals surface area contributed by atoms with E-state index in [9.17, 15) is 0 Å². The average Bonchev–Trinajstić information content (AvgIpc) is 2.84. The molecule has 2 aromatic rings. The number of aromatic nitrogens is 4. The van der Waals surface area contributed by atoms with Crippen molar-refractivity contribution >= 4 is 11.5 Å². The van der Waals surface area contributed by atoms with E-state index >= 15 is 0 Å². The van der Waals surface area contributed by atoms with Gasteiger partial charge >= 0.3 is 0 Å². The summed E-state index contributed by atoms with van der Waals surface area (Å²) < 4.78 is 5.79. The van der Waals surface area contributed by atoms with Crippen molar-refractivity contribution in [2.24, 2.45) is 7.05 Å². The lowest BCUT2D eigenvalue weighted by Crippen LogP contribution is -2.21. The molecule has 0 spiro atoms. The molecule has 2 heterocycles. The molecule has 0 saturated carbocycles. The van der Waals surface area contributed by atoms with Gasteiger partial charge in [0, 0.05) is 18.8 Å². The molecule has 86 valence electrons. The second-order valence-corrected chi connectivity index (χ2v) is 4.45. The SMILES string of the molecule is CCNC(c1cnn(C)c1)c1snnc1C. The van der Waals surface area contributed by atoms with Crippen molar-refractivity contribution in [2.45, 2.75) is 19.9 Å². The lowest BCUT2D eigenvalue weighted by atomic mass is 10.1. The van der Waals surface area contributed by atoms with Gasteiger partial charge in [-0.3, -0.25) is 4.68 Å². The van der Waals surface area contributed by atoms with Gasteiger partial charge in [0.15, 0.2) is 0 Å². The Kier molecular flexibility index (Phi) is 3.31. The molecule has 2 aromatic heterocycles. The molecule has 1 N–H and O–H groups in total. The van der Waals surface area contributed by atoms with Crippen LogP contribution in [-0.2, 0) is 7.05 Å². The van der Waals surface area contributed by atoms with Crippen molar-refractivity contribution in [1.82, 2.24) is 24.7 Å². The van der Waals surface area contributed by atoms with E-state index in [2.05, 4.69) is 26.9 Å². The number of hydrogen-bond donors (Lipinski definition) is 1. The Morgan fingerprint density at radius 2 is 2.38 bits per heavy atom. The summed E-state index contributed by atoms with van der Waals surface area (Å²) in [5.74, 6) is 0. The first-order valence-electron chi connectivity index (χ1n) is 5.23. The molecular weight excluding hydrogens is 222 g/mol. The predicted molar refractivity (Wildman–Crippen MR) is 63.4 cm³/mol. The Labute approximate surface area is 98.7 Å². The van der Waals surface area contributed by atoms with Crippen LogP contribution >= 0.6 is 11.5 Å². The van der Waals surface area contributed by atoms with Crippen molar-refractivity contribution < 1.29 is 0 Å². The molecule has 2 rings (SSSR count). The van der Waals surface area contributed by atoms with Gasteiger partial charge in [-0.25, -0.2) is 0 Å². The Morgan fingerprint density at radius 3 is 2.88 bits per heavy atom. The van der Waals surface area contributed by atoms with Crippen molar-refractivity contribution in [2.75, 3.05) is 6.54 Å². The molecule has 0 aliphatic heterocycles. The molecule has 1 unspecified atom stereocenters. The van der Waals surface area contributed by atoms with Crippen molar-refractivity contribution in [3.8, 4) is 0 Å². The number of nitrogens with zero attached hydrogens (tertiary/aromatic N) is 4. The topological polar surface area (TPSA) is 55.6 Å². The van der Waals surface area contributed by atoms with Crippen molar-refractivity contribution in [3.63, 3.8) is 0 Å². The number of hydrogen-bond acceptors (Lipinski definition) is 5. The Hall–Kier alpha value is -1.27. The molecule has 0 aliphatic carbocycles. The number of nitrogens with one attached hydrogen (secondary N) is 1. The first-order valence-corrected chi connectivity index (χ1v) is 6.00. The van der Waals surface area contributed by atoms with Gasteiger partial charge in [-0.05, 0) is 25.0 Å². The third-order valence-corrected chi connectivity index (χ3v) is 3.31. The molecule has 0 aromatic carbocycles. The van der Waals surface area contributed by atoms with E-state index in [4.69, 9.17) is 0 Å². The summed E-state index contributed by atoms with van der Waals surface area (Å²) in [6.07, 6.45) is 3.90. The van der Waals surface area contributed by atoms with Crippen LogP contribution < -0.4 is 5.32 Å². The van der Waals surface area contributed by atoms with Gasteiger partial charge in [0.05, 0.1) is 22.8 Å². The third kappa shape index (κ3) is 2.12. The summed E-state index contributed by atoms with van der Waals surface area (Å²) in [4.78, 5) is 1.16. The van der Waals surface area contributed by atoms with Gasteiger partial charge < -0.3 is 5.32 Å². The van der Waals surface area contributed by atoms with Gasteiger partial charge in [-0.2, -0.15) is 5.10 Å². The van der Waals surface area contributed by atoms with Crippen LogP contribution in [0.4, 0.5) is 0 Å². The highest BCUT2D eigenvalue weighted by Crippen LogP contribution is 2.25. The van der Waals surface area contributed by atoms with Crippen LogP contribution in [0, 0.1) is 6.92 Å². The van der Waals surface area contributed by atoms with E-state index in [0.29, 0.717) is 0 Å². The number of aryl methyl sites for hydroxylation is 2. The van der Waals surface area contributed by atoms with Gasteiger partial charge in [0.25, 0.3) is 0 Å². The maximum absolute atomic E-state index is 4.20. The quantitative estimate of drug-likeness (QED) is 0.870. The summed E-state index contributed by atoms with van der Waals surface area (Å²) in [6.45, 7) is 4.98. The van der Waals surface area contributed by atoms with E-state index in [-0.39, 0.29) is 6.04 Å². The lowest BCUT2D eigenvalue weighted by molar-refractivity contribution is 0.634. The average molecular weight is 237 g/mol. The lowest BCUT2D eigenvalue weighted by Gasteiger charge is -2.14. The largest absolute Gasteiger partial charge is 0.306 e. The van der Waals surface area contributed by atoms with Crippen LogP contribution in [-0.4, -0.2) is 25.9 Å². The summed E-state index contributed by atoms with van der Waals surface area (Å²) in [7, 11) is 1.92. The van der Waals surface area contributed by atoms with Gasteiger partial charge in [0.2, 0.25) is 0 Å². The second kappa shape index (κ2) is 4.71. The van der Waals surface area contributed by atoms with Crippen LogP contribution in [0.15, 0.2) is 12.4 Å². The molecule has 0 fully saturated rings. The molecule has 5 nitrogen and oxygen atoms in total. The van der Waals surface area contributed by atoms with Crippen molar-refractivity contribution in [3.05, 3.63) is 28.5 Å². The monoisotopic (exact) mass is 237 g/mol. The third-order valence-electron chi connectivity index (χ3n) is 2.42. The Morgan fingerprint density at radius 1 is 1.56 bits per heavy atom. The van der Waals surface area contributed by atoms with Gasteiger partial charge in [0.1, 0.15) is 0 Å². The minimum Gasteiger partial charge on any atom is -0.306 e. The highest BCUT2D eigenvalue weighted by Gasteiger charge is 2.19. The summed E-state index contributed by atoms with van der Waals surface area (Å²) in [5, 5.41) is 11.7. The first-order chi connectivity index (χ1) is 7.72. The molecular formula is C10H15N5S. The number of rotatable bonds is 4. The van der Waals surface area contributed by atoms with E-state index in [1.54, 1.807) is 0 Å². The molecule has 0 bridgehead atoms. The molecule has 0 aliphatic rings. The zero-order valence-corrected chi connectivity index (χ0v) is 10.5. The minimum absolute atomic E-state index is 0.152. The summed E-state index contributed by atoms with van der Waals surface area (Å²) in [5.41, 5.74) is 2.14. The summed E-state index contributed by atoms with van der Waals surface area (Å²) in [6, 6.07) is 0.152. The fraction of sp³-hybridized carbons (Fsp3) is 0.500. The minimum atomic E-state index is 0.152. The maximum Gasteiger partial charge on any atom is 0.0776 e. The highest BCUT2D eigenvalue weighted by atomic mass is 32.1. The van der Waals surface area contributed by atoms with Crippen LogP contribution in [0.5, 0.6) is 0 Å². The van der Waals surface area contributed by atoms with Gasteiger partial charge in [-0.15, -0.1) is 5.10 Å². The fourth-order valence-corrected chi connectivity index (χ4v) is 2.41. The Balaban J connectivity index is 2.34. The first kappa shape index (κ1) is 11.2. The molecule has 6 heteroatoms. The van der Waals surface area contributed by atoms with Gasteiger partial charge in [-0.1, -0.05) is 11.4 Å². The zero-order chi connectivity index (χ0) is 11.5. The van der Waals surface area contributed by atoms with E-state index < -0.39 is 0 Å². The molecule has 1 atom stereocenters. The Bertz CT molecular complexity index is 461. The second-order valence-electron chi connectivity index (χ2n) is 3.66. The molecule has 16 heavy (non-hydrogen) atoms. The smallest absolute Gasteiger partial charge is 0.0776 e. The van der Waals surface area contributed by atoms with E-state index in [1.165, 1.54) is 11.5 Å². The predicted octanol–water partition coefficient (Wildman–Crippen LogP) is 1.28. The molecule has 0 radical (unpaired) electrons. The van der Waals surface area contributed by atoms with Crippen LogP contribution in [0.1, 0.15) is 29.1 Å². The fourth-order valence-electron chi connectivity index (χ4n) is 1.66. The molecule has 0 saturated heterocycles. The van der Waals surface area contributed by atoms with Crippen LogP contribution in [0.3, 0.4) is 0 Å². The zero-order valence-electron chi connectivity index (χ0n) is 9.64. The van der Waals surface area contributed by atoms with E-state index in [0.717, 1.165) is 22.7 Å². The standard InChI is InChI=1S/C10H15N5S/c1-4-11-9(8-5-12-15(3)6-8)10-7(2)13-14-16-10/h5-6,9,11H,4H2,1-3H3.